The Labute approximate surface area is 157 Å². The van der Waals surface area contributed by atoms with Crippen LogP contribution < -0.4 is 0 Å². The molecule has 136 valence electrons. The van der Waals surface area contributed by atoms with Crippen LogP contribution in [0.1, 0.15) is 21.5 Å². The van der Waals surface area contributed by atoms with Crippen LogP contribution in [0.25, 0.3) is 0 Å². The van der Waals surface area contributed by atoms with Crippen molar-refractivity contribution < 1.29 is 18.0 Å². The van der Waals surface area contributed by atoms with Gasteiger partial charge in [-0.05, 0) is 42.0 Å². The molecule has 3 nitrogen and oxygen atoms in total. The Morgan fingerprint density at radius 2 is 1.77 bits per heavy atom. The van der Waals surface area contributed by atoms with Crippen LogP contribution in [0.4, 0.5) is 13.2 Å². The SMILES string of the molecule is O=C(c1ccc(Cl)cc1)N1CCN=C1SCc1ccc(C(F)(F)F)cc1. The van der Waals surface area contributed by atoms with Crippen LogP contribution in [0.15, 0.2) is 53.5 Å². The highest BCUT2D eigenvalue weighted by molar-refractivity contribution is 8.13. The molecule has 1 aliphatic rings. The van der Waals surface area contributed by atoms with E-state index in [0.717, 1.165) is 17.7 Å². The van der Waals surface area contributed by atoms with Gasteiger partial charge in [-0.2, -0.15) is 13.2 Å². The van der Waals surface area contributed by atoms with Crippen molar-refractivity contribution in [2.75, 3.05) is 13.1 Å². The number of halogens is 4. The summed E-state index contributed by atoms with van der Waals surface area (Å²) in [5.74, 6) is 0.263. The van der Waals surface area contributed by atoms with E-state index in [9.17, 15) is 18.0 Å². The van der Waals surface area contributed by atoms with Gasteiger partial charge in [-0.3, -0.25) is 14.7 Å². The lowest BCUT2D eigenvalue weighted by Gasteiger charge is -2.18. The van der Waals surface area contributed by atoms with E-state index < -0.39 is 11.7 Å². The molecule has 0 spiro atoms. The molecule has 0 radical (unpaired) electrons. The third kappa shape index (κ3) is 4.40. The molecule has 0 aromatic heterocycles. The monoisotopic (exact) mass is 398 g/mol. The zero-order chi connectivity index (χ0) is 18.7. The fourth-order valence-electron chi connectivity index (χ4n) is 2.42. The van der Waals surface area contributed by atoms with Crippen molar-refractivity contribution in [1.29, 1.82) is 0 Å². The van der Waals surface area contributed by atoms with Crippen molar-refractivity contribution in [1.82, 2.24) is 4.90 Å². The van der Waals surface area contributed by atoms with E-state index in [0.29, 0.717) is 34.6 Å². The number of carbonyl (C=O) groups excluding carboxylic acids is 1. The van der Waals surface area contributed by atoms with Crippen LogP contribution in [-0.2, 0) is 11.9 Å². The molecule has 0 bridgehead atoms. The minimum Gasteiger partial charge on any atom is -0.286 e. The summed E-state index contributed by atoms with van der Waals surface area (Å²) in [6.45, 7) is 0.992. The van der Waals surface area contributed by atoms with E-state index in [1.54, 1.807) is 29.2 Å². The Bertz CT molecular complexity index is 820. The standard InChI is InChI=1S/C18H14ClF3N2OS/c19-15-7-3-13(4-8-15)16(25)24-10-9-23-17(24)26-11-12-1-5-14(6-2-12)18(20,21)22/h1-8H,9-11H2. The van der Waals surface area contributed by atoms with Gasteiger partial charge >= 0.3 is 6.18 Å². The number of rotatable bonds is 3. The van der Waals surface area contributed by atoms with Crippen LogP contribution in [0.2, 0.25) is 5.02 Å². The van der Waals surface area contributed by atoms with Gasteiger partial charge in [0.2, 0.25) is 0 Å². The van der Waals surface area contributed by atoms with Gasteiger partial charge < -0.3 is 0 Å². The summed E-state index contributed by atoms with van der Waals surface area (Å²) < 4.78 is 37.8. The summed E-state index contributed by atoms with van der Waals surface area (Å²) >= 11 is 7.17. The number of thioether (sulfide) groups is 1. The fourth-order valence-corrected chi connectivity index (χ4v) is 3.55. The maximum atomic E-state index is 12.6. The third-order valence-corrected chi connectivity index (χ3v) is 5.12. The number of amides is 1. The molecule has 0 saturated heterocycles. The number of amidine groups is 1. The molecule has 0 aliphatic carbocycles. The Hall–Kier alpha value is -1.99. The molecule has 2 aromatic carbocycles. The number of alkyl halides is 3. The lowest BCUT2D eigenvalue weighted by atomic mass is 10.1. The molecule has 0 atom stereocenters. The first-order valence-corrected chi connectivity index (χ1v) is 9.12. The predicted octanol–water partition coefficient (Wildman–Crippen LogP) is 5.10. The number of nitrogens with zero attached hydrogens (tertiary/aromatic N) is 2. The van der Waals surface area contributed by atoms with Gasteiger partial charge in [0.1, 0.15) is 0 Å². The van der Waals surface area contributed by atoms with Crippen molar-refractivity contribution >= 4 is 34.4 Å². The Morgan fingerprint density at radius 3 is 2.38 bits per heavy atom. The van der Waals surface area contributed by atoms with Crippen molar-refractivity contribution in [3.8, 4) is 0 Å². The molecule has 2 aromatic rings. The molecule has 1 amide bonds. The Morgan fingerprint density at radius 1 is 1.12 bits per heavy atom. The molecule has 3 rings (SSSR count). The summed E-state index contributed by atoms with van der Waals surface area (Å²) in [5, 5.41) is 1.12. The number of aliphatic imine (C=N–C) groups is 1. The largest absolute Gasteiger partial charge is 0.416 e. The van der Waals surface area contributed by atoms with Crippen LogP contribution >= 0.6 is 23.4 Å². The van der Waals surface area contributed by atoms with Gasteiger partial charge in [-0.15, -0.1) is 0 Å². The molecule has 1 aliphatic heterocycles. The molecular formula is C18H14ClF3N2OS. The van der Waals surface area contributed by atoms with Gasteiger partial charge in [-0.1, -0.05) is 35.5 Å². The second kappa shape index (κ2) is 7.72. The molecule has 0 N–H and O–H groups in total. The van der Waals surface area contributed by atoms with E-state index >= 15 is 0 Å². The van der Waals surface area contributed by atoms with Gasteiger partial charge in [0.05, 0.1) is 12.1 Å². The Kier molecular flexibility index (Phi) is 5.58. The van der Waals surface area contributed by atoms with Crippen LogP contribution in [0.3, 0.4) is 0 Å². The first kappa shape index (κ1) is 18.8. The summed E-state index contributed by atoms with van der Waals surface area (Å²) in [6, 6.07) is 11.6. The molecule has 26 heavy (non-hydrogen) atoms. The third-order valence-electron chi connectivity index (χ3n) is 3.79. The predicted molar refractivity (Wildman–Crippen MR) is 97.5 cm³/mol. The summed E-state index contributed by atoms with van der Waals surface area (Å²) in [7, 11) is 0. The molecule has 8 heteroatoms. The van der Waals surface area contributed by atoms with E-state index in [1.165, 1.54) is 23.9 Å². The fraction of sp³-hybridized carbons (Fsp3) is 0.222. The summed E-state index contributed by atoms with van der Waals surface area (Å²) in [6.07, 6.45) is -4.34. The van der Waals surface area contributed by atoms with Gasteiger partial charge in [0.25, 0.3) is 5.91 Å². The van der Waals surface area contributed by atoms with Gasteiger partial charge in [0.15, 0.2) is 5.17 Å². The highest BCUT2D eigenvalue weighted by atomic mass is 35.5. The number of hydrogen-bond acceptors (Lipinski definition) is 3. The van der Waals surface area contributed by atoms with E-state index in [-0.39, 0.29) is 5.91 Å². The summed E-state index contributed by atoms with van der Waals surface area (Å²) in [5.41, 5.74) is 0.569. The van der Waals surface area contributed by atoms with E-state index in [4.69, 9.17) is 11.6 Å². The van der Waals surface area contributed by atoms with E-state index in [1.807, 2.05) is 0 Å². The number of hydrogen-bond donors (Lipinski definition) is 0. The van der Waals surface area contributed by atoms with Crippen LogP contribution in [-0.4, -0.2) is 29.1 Å². The highest BCUT2D eigenvalue weighted by Crippen LogP contribution is 2.30. The topological polar surface area (TPSA) is 32.7 Å². The van der Waals surface area contributed by atoms with Crippen molar-refractivity contribution in [2.45, 2.75) is 11.9 Å². The minimum absolute atomic E-state index is 0.169. The maximum absolute atomic E-state index is 12.6. The van der Waals surface area contributed by atoms with Crippen molar-refractivity contribution in [2.24, 2.45) is 4.99 Å². The Balaban J connectivity index is 1.64. The van der Waals surface area contributed by atoms with Crippen LogP contribution in [0.5, 0.6) is 0 Å². The van der Waals surface area contributed by atoms with Crippen molar-refractivity contribution in [3.05, 3.63) is 70.2 Å². The lowest BCUT2D eigenvalue weighted by molar-refractivity contribution is -0.137. The molecular weight excluding hydrogens is 385 g/mol. The first-order valence-electron chi connectivity index (χ1n) is 7.75. The van der Waals surface area contributed by atoms with Crippen LogP contribution in [0, 0.1) is 0 Å². The maximum Gasteiger partial charge on any atom is 0.416 e. The molecule has 0 fully saturated rings. The zero-order valence-corrected chi connectivity index (χ0v) is 15.0. The average Bonchev–Trinajstić information content (AvgIpc) is 3.08. The minimum atomic E-state index is -4.34. The normalized spacial score (nSPS) is 14.5. The first-order chi connectivity index (χ1) is 12.3. The number of benzene rings is 2. The van der Waals surface area contributed by atoms with Gasteiger partial charge in [0, 0.05) is 22.9 Å². The molecule has 1 heterocycles. The highest BCUT2D eigenvalue weighted by Gasteiger charge is 2.30. The zero-order valence-electron chi connectivity index (χ0n) is 13.5. The lowest BCUT2D eigenvalue weighted by Crippen LogP contribution is -2.32. The van der Waals surface area contributed by atoms with Gasteiger partial charge in [-0.25, -0.2) is 0 Å². The number of carbonyl (C=O) groups is 1. The van der Waals surface area contributed by atoms with Crippen molar-refractivity contribution in [3.63, 3.8) is 0 Å². The molecule has 0 unspecified atom stereocenters. The van der Waals surface area contributed by atoms with E-state index in [2.05, 4.69) is 4.99 Å². The smallest absolute Gasteiger partial charge is 0.286 e. The quantitative estimate of drug-likeness (QED) is 0.720. The second-order valence-electron chi connectivity index (χ2n) is 5.61. The summed E-state index contributed by atoms with van der Waals surface area (Å²) in [4.78, 5) is 18.5. The molecule has 0 saturated carbocycles. The second-order valence-corrected chi connectivity index (χ2v) is 6.99. The average molecular weight is 399 g/mol.